The van der Waals surface area contributed by atoms with Crippen LogP contribution in [0.25, 0.3) is 11.1 Å². The molecule has 11 nitrogen and oxygen atoms in total. The van der Waals surface area contributed by atoms with E-state index < -0.39 is 5.91 Å². The zero-order valence-electron chi connectivity index (χ0n) is 21.9. The molecule has 3 aromatic carbocycles. The third kappa shape index (κ3) is 4.99. The molecule has 0 unspecified atom stereocenters. The highest BCUT2D eigenvalue weighted by Gasteiger charge is 2.27. The van der Waals surface area contributed by atoms with Gasteiger partial charge >= 0.3 is 0 Å². The van der Waals surface area contributed by atoms with E-state index in [9.17, 15) is 4.79 Å². The fourth-order valence-corrected chi connectivity index (χ4v) is 3.97. The van der Waals surface area contributed by atoms with Crippen LogP contribution in [0.3, 0.4) is 0 Å². The van der Waals surface area contributed by atoms with Crippen LogP contribution in [-0.4, -0.2) is 60.0 Å². The van der Waals surface area contributed by atoms with Crippen molar-refractivity contribution >= 4 is 23.0 Å². The zero-order valence-corrected chi connectivity index (χ0v) is 21.9. The molecule has 2 N–H and O–H groups in total. The van der Waals surface area contributed by atoms with Crippen molar-refractivity contribution in [3.05, 3.63) is 54.1 Å². The normalized spacial score (nSPS) is 13.5. The number of rotatable bonds is 10. The number of carbonyl (C=O) groups is 1. The largest absolute Gasteiger partial charge is 0.496 e. The molecule has 4 rings (SSSR count). The summed E-state index contributed by atoms with van der Waals surface area (Å²) in [4.78, 5) is 12.5. The molecule has 0 radical (unpaired) electrons. The molecule has 1 amide bonds. The van der Waals surface area contributed by atoms with Gasteiger partial charge in [-0.15, -0.1) is 0 Å². The van der Waals surface area contributed by atoms with E-state index in [-0.39, 0.29) is 5.71 Å². The van der Waals surface area contributed by atoms with E-state index in [1.165, 1.54) is 7.11 Å². The molecule has 0 saturated heterocycles. The Kier molecular flexibility index (Phi) is 7.86. The Labute approximate surface area is 219 Å². The number of anilines is 1. The Hall–Kier alpha value is -4.93. The number of hydrogen-bond acceptors (Lipinski definition) is 10. The lowest BCUT2D eigenvalue weighted by Gasteiger charge is -2.16. The van der Waals surface area contributed by atoms with E-state index >= 15 is 0 Å². The third-order valence-corrected chi connectivity index (χ3v) is 5.84. The van der Waals surface area contributed by atoms with Gasteiger partial charge in [0.25, 0.3) is 5.91 Å². The molecule has 11 heteroatoms. The topological polar surface area (TPSA) is 121 Å². The number of amides is 1. The second kappa shape index (κ2) is 11.4. The number of methoxy groups -OCH3 is 6. The first-order valence-corrected chi connectivity index (χ1v) is 11.4. The average Bonchev–Trinajstić information content (AvgIpc) is 3.34. The van der Waals surface area contributed by atoms with Crippen LogP contribution < -0.4 is 39.3 Å². The van der Waals surface area contributed by atoms with Crippen molar-refractivity contribution in [1.82, 2.24) is 5.43 Å². The van der Waals surface area contributed by atoms with Crippen molar-refractivity contribution in [3.63, 3.8) is 0 Å². The standard InChI is InChI=1S/C27H28N4O7/c1-33-19-10-8-17(14-18(19)16-12-22(36-4)26(38-6)23(13-16)37-5)28-30-25-24(29-31-27(25)32)15-7-9-20(34-2)21(11-15)35-3/h7-14,28H,1-6H3,(H,30,31,32). The summed E-state index contributed by atoms with van der Waals surface area (Å²) >= 11 is 0. The Bertz CT molecular complexity index is 1390. The molecule has 0 aliphatic carbocycles. The molecule has 0 bridgehead atoms. The SMILES string of the molecule is COc1ccc(C2=NNC(=O)/C2=N/Nc2ccc(OC)c(-c3cc(OC)c(OC)c(OC)c3)c2)cc1OC. The summed E-state index contributed by atoms with van der Waals surface area (Å²) in [5.74, 6) is 2.71. The monoisotopic (exact) mass is 520 g/mol. The van der Waals surface area contributed by atoms with Crippen molar-refractivity contribution in [1.29, 1.82) is 0 Å². The van der Waals surface area contributed by atoms with Crippen LogP contribution in [-0.2, 0) is 4.79 Å². The maximum absolute atomic E-state index is 12.5. The van der Waals surface area contributed by atoms with E-state index in [2.05, 4.69) is 21.1 Å². The van der Waals surface area contributed by atoms with Gasteiger partial charge in [-0.3, -0.25) is 10.2 Å². The minimum absolute atomic E-state index is 0.113. The fraction of sp³-hybridized carbons (Fsp3) is 0.222. The maximum Gasteiger partial charge on any atom is 0.294 e. The summed E-state index contributed by atoms with van der Waals surface area (Å²) in [5, 5.41) is 8.51. The second-order valence-electron chi connectivity index (χ2n) is 7.87. The molecule has 0 spiro atoms. The number of hydrogen-bond donors (Lipinski definition) is 2. The van der Waals surface area contributed by atoms with Crippen molar-refractivity contribution in [2.45, 2.75) is 0 Å². The first-order valence-electron chi connectivity index (χ1n) is 11.4. The molecule has 38 heavy (non-hydrogen) atoms. The molecular formula is C27H28N4O7. The number of nitrogens with one attached hydrogen (secondary N) is 2. The van der Waals surface area contributed by atoms with E-state index in [1.807, 2.05) is 18.2 Å². The van der Waals surface area contributed by atoms with Crippen molar-refractivity contribution in [2.75, 3.05) is 48.1 Å². The van der Waals surface area contributed by atoms with E-state index in [0.717, 1.165) is 11.1 Å². The van der Waals surface area contributed by atoms with Gasteiger partial charge in [0.2, 0.25) is 5.75 Å². The first kappa shape index (κ1) is 26.1. The van der Waals surface area contributed by atoms with Gasteiger partial charge in [0.1, 0.15) is 11.5 Å². The van der Waals surface area contributed by atoms with Gasteiger partial charge in [0.15, 0.2) is 28.7 Å². The van der Waals surface area contributed by atoms with Gasteiger partial charge in [0.05, 0.1) is 48.3 Å². The molecule has 0 saturated carbocycles. The molecule has 1 heterocycles. The highest BCUT2D eigenvalue weighted by atomic mass is 16.5. The lowest BCUT2D eigenvalue weighted by Crippen LogP contribution is -2.25. The summed E-state index contributed by atoms with van der Waals surface area (Å²) in [6.45, 7) is 0. The second-order valence-corrected chi connectivity index (χ2v) is 7.87. The van der Waals surface area contributed by atoms with Crippen LogP contribution in [0.4, 0.5) is 5.69 Å². The van der Waals surface area contributed by atoms with Crippen LogP contribution in [0.15, 0.2) is 58.7 Å². The van der Waals surface area contributed by atoms with Crippen LogP contribution in [0, 0.1) is 0 Å². The lowest BCUT2D eigenvalue weighted by atomic mass is 10.0. The molecule has 0 fully saturated rings. The van der Waals surface area contributed by atoms with E-state index in [4.69, 9.17) is 28.4 Å². The van der Waals surface area contributed by atoms with Crippen molar-refractivity contribution < 1.29 is 33.2 Å². The molecule has 198 valence electrons. The Morgan fingerprint density at radius 1 is 0.684 bits per heavy atom. The van der Waals surface area contributed by atoms with Gasteiger partial charge in [0, 0.05) is 11.1 Å². The van der Waals surface area contributed by atoms with Gasteiger partial charge in [-0.05, 0) is 54.1 Å². The predicted molar refractivity (Wildman–Crippen MR) is 143 cm³/mol. The minimum atomic E-state index is -0.444. The lowest BCUT2D eigenvalue weighted by molar-refractivity contribution is -0.114. The Morgan fingerprint density at radius 3 is 1.89 bits per heavy atom. The van der Waals surface area contributed by atoms with Gasteiger partial charge < -0.3 is 28.4 Å². The van der Waals surface area contributed by atoms with Gasteiger partial charge in [-0.25, -0.2) is 5.43 Å². The number of hydrazone groups is 2. The molecule has 0 atom stereocenters. The molecule has 1 aliphatic heterocycles. The molecular weight excluding hydrogens is 492 g/mol. The summed E-state index contributed by atoms with van der Waals surface area (Å²) in [6.07, 6.45) is 0. The van der Waals surface area contributed by atoms with Gasteiger partial charge in [-0.2, -0.15) is 10.2 Å². The number of carbonyl (C=O) groups excluding carboxylic acids is 1. The smallest absolute Gasteiger partial charge is 0.294 e. The fourth-order valence-electron chi connectivity index (χ4n) is 3.97. The van der Waals surface area contributed by atoms with Gasteiger partial charge in [-0.1, -0.05) is 0 Å². The Balaban J connectivity index is 1.69. The third-order valence-electron chi connectivity index (χ3n) is 5.84. The zero-order chi connectivity index (χ0) is 27.2. The number of ether oxygens (including phenoxy) is 6. The number of nitrogens with zero attached hydrogens (tertiary/aromatic N) is 2. The van der Waals surface area contributed by atoms with Crippen molar-refractivity contribution in [3.8, 4) is 45.6 Å². The Morgan fingerprint density at radius 2 is 1.29 bits per heavy atom. The summed E-state index contributed by atoms with van der Waals surface area (Å²) in [5.41, 5.74) is 8.63. The quantitative estimate of drug-likeness (QED) is 0.388. The van der Waals surface area contributed by atoms with E-state index in [1.54, 1.807) is 65.9 Å². The summed E-state index contributed by atoms with van der Waals surface area (Å²) in [7, 11) is 9.32. The van der Waals surface area contributed by atoms with Crippen LogP contribution in [0.2, 0.25) is 0 Å². The first-order chi connectivity index (χ1) is 18.5. The van der Waals surface area contributed by atoms with Crippen LogP contribution >= 0.6 is 0 Å². The number of benzene rings is 3. The maximum atomic E-state index is 12.5. The van der Waals surface area contributed by atoms with Crippen LogP contribution in [0.5, 0.6) is 34.5 Å². The highest BCUT2D eigenvalue weighted by Crippen LogP contribution is 2.43. The van der Waals surface area contributed by atoms with E-state index in [0.29, 0.717) is 51.5 Å². The minimum Gasteiger partial charge on any atom is -0.496 e. The summed E-state index contributed by atoms with van der Waals surface area (Å²) in [6, 6.07) is 14.3. The van der Waals surface area contributed by atoms with Crippen LogP contribution in [0.1, 0.15) is 5.56 Å². The highest BCUT2D eigenvalue weighted by molar-refractivity contribution is 6.72. The predicted octanol–water partition coefficient (Wildman–Crippen LogP) is 3.71. The van der Waals surface area contributed by atoms with Crippen molar-refractivity contribution in [2.24, 2.45) is 10.2 Å². The molecule has 0 aromatic heterocycles. The average molecular weight is 521 g/mol. The molecule has 3 aromatic rings. The molecule has 1 aliphatic rings. The summed E-state index contributed by atoms with van der Waals surface area (Å²) < 4.78 is 32.7.